The van der Waals surface area contributed by atoms with Crippen molar-refractivity contribution in [2.75, 3.05) is 20.3 Å². The zero-order chi connectivity index (χ0) is 20.9. The van der Waals surface area contributed by atoms with E-state index in [2.05, 4.69) is 27.5 Å². The first-order valence-electron chi connectivity index (χ1n) is 9.99. The largest absolute Gasteiger partial charge is 0.375 e. The Bertz CT molecular complexity index is 977. The van der Waals surface area contributed by atoms with Crippen molar-refractivity contribution in [1.82, 2.24) is 25.1 Å². The smallest absolute Gasteiger partial charge is 0.249 e. The average Bonchev–Trinajstić information content (AvgIpc) is 3.24. The number of carbonyl (C=O) groups excluding carboxylic acids is 1. The molecule has 2 aromatic carbocycles. The molecule has 1 saturated heterocycles. The minimum absolute atomic E-state index is 0.0470. The summed E-state index contributed by atoms with van der Waals surface area (Å²) in [6.45, 7) is 1.18. The van der Waals surface area contributed by atoms with Crippen molar-refractivity contribution in [1.29, 1.82) is 0 Å². The molecule has 7 nitrogen and oxygen atoms in total. The molecule has 8 heteroatoms. The number of carbonyl (C=O) groups is 1. The zero-order valence-electron chi connectivity index (χ0n) is 16.8. The van der Waals surface area contributed by atoms with Crippen molar-refractivity contribution in [3.63, 3.8) is 0 Å². The second-order valence-electron chi connectivity index (χ2n) is 7.47. The number of amides is 1. The third kappa shape index (κ3) is 4.68. The van der Waals surface area contributed by atoms with Crippen molar-refractivity contribution in [3.8, 4) is 0 Å². The molecule has 0 radical (unpaired) electrons. The Balaban J connectivity index is 1.56. The van der Waals surface area contributed by atoms with E-state index < -0.39 is 0 Å². The first-order chi connectivity index (χ1) is 14.6. The van der Waals surface area contributed by atoms with Gasteiger partial charge in [-0.2, -0.15) is 4.80 Å². The third-order valence-electron chi connectivity index (χ3n) is 5.47. The summed E-state index contributed by atoms with van der Waals surface area (Å²) in [4.78, 5) is 16.0. The van der Waals surface area contributed by atoms with Gasteiger partial charge in [-0.25, -0.2) is 0 Å². The Morgan fingerprint density at radius 2 is 1.93 bits per heavy atom. The van der Waals surface area contributed by atoms with Crippen LogP contribution in [-0.2, 0) is 16.1 Å². The number of aromatic nitrogens is 4. The molecule has 3 aromatic rings. The Morgan fingerprint density at radius 1 is 1.17 bits per heavy atom. The van der Waals surface area contributed by atoms with Crippen LogP contribution in [0.5, 0.6) is 0 Å². The number of tetrazole rings is 1. The highest BCUT2D eigenvalue weighted by Crippen LogP contribution is 2.38. The van der Waals surface area contributed by atoms with Gasteiger partial charge in [-0.1, -0.05) is 54.1 Å². The molecule has 1 amide bonds. The molecule has 0 spiro atoms. The van der Waals surface area contributed by atoms with Gasteiger partial charge in [-0.3, -0.25) is 4.79 Å². The summed E-state index contributed by atoms with van der Waals surface area (Å²) in [7, 11) is 1.53. The topological polar surface area (TPSA) is 73.1 Å². The number of rotatable bonds is 6. The lowest BCUT2D eigenvalue weighted by molar-refractivity contribution is -0.139. The van der Waals surface area contributed by atoms with Crippen molar-refractivity contribution < 1.29 is 9.53 Å². The SMILES string of the molecule is COCC(=O)N1CCC(c2ccccc2)CC1c1nnn(Cc2ccc(Cl)cc2)n1. The van der Waals surface area contributed by atoms with Crippen molar-refractivity contribution in [3.05, 3.63) is 76.6 Å². The van der Waals surface area contributed by atoms with Crippen LogP contribution in [0.1, 0.15) is 41.8 Å². The monoisotopic (exact) mass is 425 g/mol. The predicted molar refractivity (Wildman–Crippen MR) is 113 cm³/mol. The molecule has 0 N–H and O–H groups in total. The van der Waals surface area contributed by atoms with Gasteiger partial charge in [0.25, 0.3) is 0 Å². The molecule has 1 aliphatic rings. The van der Waals surface area contributed by atoms with E-state index >= 15 is 0 Å². The number of nitrogens with zero attached hydrogens (tertiary/aromatic N) is 5. The fraction of sp³-hybridized carbons (Fsp3) is 0.364. The van der Waals surface area contributed by atoms with Gasteiger partial charge in [0.05, 0.1) is 12.6 Å². The summed E-state index contributed by atoms with van der Waals surface area (Å²) in [6, 6.07) is 17.7. The number of hydrogen-bond donors (Lipinski definition) is 0. The van der Waals surface area contributed by atoms with E-state index in [9.17, 15) is 4.79 Å². The zero-order valence-corrected chi connectivity index (χ0v) is 17.6. The van der Waals surface area contributed by atoms with Gasteiger partial charge >= 0.3 is 0 Å². The highest BCUT2D eigenvalue weighted by atomic mass is 35.5. The van der Waals surface area contributed by atoms with Gasteiger partial charge in [0.2, 0.25) is 5.91 Å². The molecule has 0 bridgehead atoms. The number of piperidine rings is 1. The quantitative estimate of drug-likeness (QED) is 0.604. The van der Waals surface area contributed by atoms with E-state index in [4.69, 9.17) is 16.3 Å². The van der Waals surface area contributed by atoms with E-state index in [0.717, 1.165) is 18.4 Å². The predicted octanol–water partition coefficient (Wildman–Crippen LogP) is 3.47. The second kappa shape index (κ2) is 9.36. The fourth-order valence-electron chi connectivity index (χ4n) is 3.95. The van der Waals surface area contributed by atoms with Gasteiger partial charge in [-0.05, 0) is 47.2 Å². The van der Waals surface area contributed by atoms with Crippen molar-refractivity contribution in [2.24, 2.45) is 0 Å². The minimum atomic E-state index is -0.231. The van der Waals surface area contributed by atoms with Crippen LogP contribution in [0.3, 0.4) is 0 Å². The van der Waals surface area contributed by atoms with Crippen LogP contribution in [-0.4, -0.2) is 51.3 Å². The van der Waals surface area contributed by atoms with Crippen LogP contribution in [0.15, 0.2) is 54.6 Å². The lowest BCUT2D eigenvalue weighted by atomic mass is 9.85. The Kier molecular flexibility index (Phi) is 6.40. The molecule has 0 aliphatic carbocycles. The van der Waals surface area contributed by atoms with Crippen molar-refractivity contribution in [2.45, 2.75) is 31.3 Å². The Morgan fingerprint density at radius 3 is 2.67 bits per heavy atom. The third-order valence-corrected chi connectivity index (χ3v) is 5.72. The highest BCUT2D eigenvalue weighted by molar-refractivity contribution is 6.30. The second-order valence-corrected chi connectivity index (χ2v) is 7.91. The van der Waals surface area contributed by atoms with E-state index in [1.165, 1.54) is 12.7 Å². The van der Waals surface area contributed by atoms with E-state index in [1.807, 2.05) is 47.4 Å². The number of hydrogen-bond acceptors (Lipinski definition) is 5. The maximum absolute atomic E-state index is 12.7. The molecule has 2 atom stereocenters. The number of likely N-dealkylation sites (tertiary alicyclic amines) is 1. The number of methoxy groups -OCH3 is 1. The van der Waals surface area contributed by atoms with Crippen LogP contribution in [0, 0.1) is 0 Å². The van der Waals surface area contributed by atoms with Gasteiger partial charge in [0, 0.05) is 18.7 Å². The lowest BCUT2D eigenvalue weighted by Gasteiger charge is -2.38. The molecular weight excluding hydrogens is 402 g/mol. The first kappa shape index (κ1) is 20.5. The fourth-order valence-corrected chi connectivity index (χ4v) is 4.08. The van der Waals surface area contributed by atoms with E-state index in [-0.39, 0.29) is 18.6 Å². The highest BCUT2D eigenvalue weighted by Gasteiger charge is 2.35. The Hall–Kier alpha value is -2.77. The average molecular weight is 426 g/mol. The molecule has 2 unspecified atom stereocenters. The molecule has 1 fully saturated rings. The molecule has 4 rings (SSSR count). The van der Waals surface area contributed by atoms with Gasteiger partial charge in [-0.15, -0.1) is 10.2 Å². The summed E-state index contributed by atoms with van der Waals surface area (Å²) in [5.41, 5.74) is 2.30. The minimum Gasteiger partial charge on any atom is -0.375 e. The molecule has 156 valence electrons. The maximum Gasteiger partial charge on any atom is 0.249 e. The number of halogens is 1. The van der Waals surface area contributed by atoms with Gasteiger partial charge in [0.1, 0.15) is 6.61 Å². The van der Waals surface area contributed by atoms with E-state index in [1.54, 1.807) is 4.80 Å². The van der Waals surface area contributed by atoms with Crippen LogP contribution in [0.4, 0.5) is 0 Å². The maximum atomic E-state index is 12.7. The summed E-state index contributed by atoms with van der Waals surface area (Å²) in [6.07, 6.45) is 1.65. The molecule has 2 heterocycles. The molecule has 1 aromatic heterocycles. The van der Waals surface area contributed by atoms with Crippen molar-refractivity contribution >= 4 is 17.5 Å². The van der Waals surface area contributed by atoms with Gasteiger partial charge in [0.15, 0.2) is 5.82 Å². The van der Waals surface area contributed by atoms with Crippen LogP contribution in [0.2, 0.25) is 5.02 Å². The summed E-state index contributed by atoms with van der Waals surface area (Å²) in [5, 5.41) is 13.8. The normalized spacial score (nSPS) is 19.1. The van der Waals surface area contributed by atoms with Crippen LogP contribution in [0.25, 0.3) is 0 Å². The van der Waals surface area contributed by atoms with Gasteiger partial charge < -0.3 is 9.64 Å². The molecule has 30 heavy (non-hydrogen) atoms. The number of benzene rings is 2. The first-order valence-corrected chi connectivity index (χ1v) is 10.4. The molecule has 0 saturated carbocycles. The summed E-state index contributed by atoms with van der Waals surface area (Å²) >= 11 is 5.96. The summed E-state index contributed by atoms with van der Waals surface area (Å²) in [5.74, 6) is 0.850. The molecule has 1 aliphatic heterocycles. The lowest BCUT2D eigenvalue weighted by Crippen LogP contribution is -2.42. The van der Waals surface area contributed by atoms with E-state index in [0.29, 0.717) is 29.9 Å². The molecular formula is C22H24ClN5O2. The summed E-state index contributed by atoms with van der Waals surface area (Å²) < 4.78 is 5.08. The van der Waals surface area contributed by atoms with Crippen LogP contribution < -0.4 is 0 Å². The standard InChI is InChI=1S/C22H24ClN5O2/c1-30-15-21(29)27-12-11-18(17-5-3-2-4-6-17)13-20(27)22-24-26-28(25-22)14-16-7-9-19(23)10-8-16/h2-10,18,20H,11-15H2,1H3. The Labute approximate surface area is 180 Å². The number of ether oxygens (including phenoxy) is 1. The van der Waals surface area contributed by atoms with Crippen LogP contribution >= 0.6 is 11.6 Å².